The smallest absolute Gasteiger partial charge is 0.343 e. The van der Waals surface area contributed by atoms with Crippen LogP contribution in [-0.2, 0) is 19.7 Å². The van der Waals surface area contributed by atoms with Gasteiger partial charge < -0.3 is 19.5 Å². The highest BCUT2D eigenvalue weighted by atomic mass is 16.6. The van der Waals surface area contributed by atoms with Crippen LogP contribution in [0.25, 0.3) is 0 Å². The molecule has 0 radical (unpaired) electrons. The predicted octanol–water partition coefficient (Wildman–Crippen LogP) is 1.30. The molecule has 150 valence electrons. The van der Waals surface area contributed by atoms with E-state index in [1.165, 1.54) is 12.7 Å². The molecule has 0 amide bonds. The number of hydrogen-bond donors (Lipinski definition) is 1. The molecule has 5 aliphatic rings. The maximum atomic E-state index is 13.4. The van der Waals surface area contributed by atoms with Gasteiger partial charge in [-0.05, 0) is 37.4 Å². The first kappa shape index (κ1) is 17.2. The summed E-state index contributed by atoms with van der Waals surface area (Å²) in [7, 11) is 3.46. The molecule has 3 saturated heterocycles. The Bertz CT molecular complexity index is 876. The van der Waals surface area contributed by atoms with E-state index in [4.69, 9.17) is 9.47 Å². The van der Waals surface area contributed by atoms with Gasteiger partial charge in [0.1, 0.15) is 6.10 Å². The van der Waals surface area contributed by atoms with Gasteiger partial charge in [-0.1, -0.05) is 25.1 Å². The largest absolute Gasteiger partial charge is 0.467 e. The number of rotatable bonds is 2. The Morgan fingerprint density at radius 1 is 1.32 bits per heavy atom. The number of carbonyl (C=O) groups excluding carboxylic acids is 1. The number of nitrogens with zero attached hydrogens (tertiary/aromatic N) is 2. The van der Waals surface area contributed by atoms with Crippen molar-refractivity contribution in [1.82, 2.24) is 4.90 Å². The topological polar surface area (TPSA) is 62.2 Å². The monoisotopic (exact) mass is 384 g/mol. The Labute approximate surface area is 165 Å². The zero-order valence-corrected chi connectivity index (χ0v) is 16.7. The van der Waals surface area contributed by atoms with Crippen molar-refractivity contribution in [3.63, 3.8) is 0 Å². The fourth-order valence-electron chi connectivity index (χ4n) is 8.21. The van der Waals surface area contributed by atoms with Crippen molar-refractivity contribution in [2.75, 3.05) is 32.1 Å². The van der Waals surface area contributed by atoms with Gasteiger partial charge in [-0.2, -0.15) is 0 Å². The van der Waals surface area contributed by atoms with Gasteiger partial charge in [0.05, 0.1) is 19.3 Å². The van der Waals surface area contributed by atoms with Gasteiger partial charge in [-0.3, -0.25) is 4.90 Å². The van der Waals surface area contributed by atoms with Crippen LogP contribution in [0.4, 0.5) is 5.69 Å². The molecule has 6 heteroatoms. The minimum absolute atomic E-state index is 0.117. The number of ether oxygens (including phenoxy) is 2. The Kier molecular flexibility index (Phi) is 3.14. The van der Waals surface area contributed by atoms with Gasteiger partial charge in [0.2, 0.25) is 5.60 Å². The van der Waals surface area contributed by atoms with E-state index in [-0.39, 0.29) is 23.6 Å². The number of aliphatic hydroxyl groups excluding tert-OH is 1. The lowest BCUT2D eigenvalue weighted by Crippen LogP contribution is -2.78. The number of piperidine rings is 1. The summed E-state index contributed by atoms with van der Waals surface area (Å²) >= 11 is 0. The van der Waals surface area contributed by atoms with E-state index in [2.05, 4.69) is 41.0 Å². The number of benzene rings is 1. The Morgan fingerprint density at radius 2 is 2.11 bits per heavy atom. The van der Waals surface area contributed by atoms with Crippen LogP contribution in [0.15, 0.2) is 24.3 Å². The molecule has 1 aromatic rings. The van der Waals surface area contributed by atoms with Gasteiger partial charge in [0, 0.05) is 36.2 Å². The molecule has 1 aromatic carbocycles. The number of esters is 1. The quantitative estimate of drug-likeness (QED) is 0.776. The maximum Gasteiger partial charge on any atom is 0.343 e. The van der Waals surface area contributed by atoms with Crippen molar-refractivity contribution in [3.8, 4) is 0 Å². The van der Waals surface area contributed by atoms with Crippen LogP contribution in [0.1, 0.15) is 31.7 Å². The van der Waals surface area contributed by atoms with Crippen molar-refractivity contribution in [2.24, 2.45) is 5.41 Å². The number of likely N-dealkylation sites (N-methyl/N-ethyl adjacent to an activating group) is 1. The first-order valence-electron chi connectivity index (χ1n) is 10.5. The van der Waals surface area contributed by atoms with E-state index < -0.39 is 23.1 Å². The third kappa shape index (κ3) is 1.43. The van der Waals surface area contributed by atoms with E-state index >= 15 is 0 Å². The van der Waals surface area contributed by atoms with Crippen molar-refractivity contribution >= 4 is 11.7 Å². The number of carbonyl (C=O) groups is 1. The number of para-hydroxylation sites is 1. The first-order chi connectivity index (χ1) is 13.5. The van der Waals surface area contributed by atoms with Crippen LogP contribution >= 0.6 is 0 Å². The zero-order valence-electron chi connectivity index (χ0n) is 16.7. The number of methoxy groups -OCH3 is 1. The molecule has 1 spiro atoms. The van der Waals surface area contributed by atoms with Crippen molar-refractivity contribution < 1.29 is 19.4 Å². The zero-order chi connectivity index (χ0) is 19.5. The van der Waals surface area contributed by atoms with Crippen LogP contribution in [0.3, 0.4) is 0 Å². The van der Waals surface area contributed by atoms with Gasteiger partial charge >= 0.3 is 5.97 Å². The molecule has 2 bridgehead atoms. The van der Waals surface area contributed by atoms with Crippen molar-refractivity contribution in [3.05, 3.63) is 29.8 Å². The fraction of sp³-hybridized carbons (Fsp3) is 0.682. The van der Waals surface area contributed by atoms with Crippen LogP contribution in [-0.4, -0.2) is 73.1 Å². The fourth-order valence-corrected chi connectivity index (χ4v) is 8.21. The summed E-state index contributed by atoms with van der Waals surface area (Å²) in [6.45, 7) is 4.11. The van der Waals surface area contributed by atoms with Crippen LogP contribution in [0.5, 0.6) is 0 Å². The number of anilines is 1. The van der Waals surface area contributed by atoms with Crippen molar-refractivity contribution in [2.45, 2.75) is 61.5 Å². The first-order valence-corrected chi connectivity index (χ1v) is 10.5. The summed E-state index contributed by atoms with van der Waals surface area (Å²) in [5.41, 5.74) is 0.426. The molecule has 28 heavy (non-hydrogen) atoms. The molecule has 7 atom stereocenters. The summed E-state index contributed by atoms with van der Waals surface area (Å²) in [6, 6.07) is 8.42. The lowest BCUT2D eigenvalue weighted by Gasteiger charge is -2.60. The van der Waals surface area contributed by atoms with Crippen LogP contribution in [0.2, 0.25) is 0 Å². The molecule has 6 rings (SSSR count). The minimum Gasteiger partial charge on any atom is -0.467 e. The molecule has 4 heterocycles. The summed E-state index contributed by atoms with van der Waals surface area (Å²) < 4.78 is 12.0. The van der Waals surface area contributed by atoms with Crippen LogP contribution < -0.4 is 4.90 Å². The summed E-state index contributed by atoms with van der Waals surface area (Å²) in [5, 5.41) is 11.8. The summed E-state index contributed by atoms with van der Waals surface area (Å²) in [5.74, 6) is -0.428. The molecule has 0 aromatic heterocycles. The number of aliphatic hydroxyl groups is 1. The summed E-state index contributed by atoms with van der Waals surface area (Å²) in [6.07, 6.45) is 1.64. The second-order valence-electron chi connectivity index (χ2n) is 9.31. The normalized spacial score (nSPS) is 47.8. The lowest BCUT2D eigenvalue weighted by molar-refractivity contribution is -0.188. The Morgan fingerprint density at radius 3 is 2.86 bits per heavy atom. The lowest BCUT2D eigenvalue weighted by atomic mass is 9.48. The van der Waals surface area contributed by atoms with Gasteiger partial charge in [-0.15, -0.1) is 0 Å². The second-order valence-corrected chi connectivity index (χ2v) is 9.31. The standard InChI is InChI=1S/C22H28N2O4/c1-4-20-15-9-11-24-12-10-21(16(20)24)13-7-5-6-8-14(13)23(2)17(21)22(28-15,18(20)25)19(26)27-3/h5-8,15-18,25H,4,9-12H2,1-3H3/t15-,16+,17-,18+,20-,21-,22+/m1/s1. The van der Waals surface area contributed by atoms with E-state index in [1.54, 1.807) is 0 Å². The number of hydrogen-bond acceptors (Lipinski definition) is 6. The molecular formula is C22H28N2O4. The Balaban J connectivity index is 1.72. The van der Waals surface area contributed by atoms with Gasteiger partial charge in [0.25, 0.3) is 0 Å². The molecule has 0 unspecified atom stereocenters. The average Bonchev–Trinajstić information content (AvgIpc) is 3.31. The molecule has 1 saturated carbocycles. The maximum absolute atomic E-state index is 13.4. The van der Waals surface area contributed by atoms with Crippen molar-refractivity contribution in [1.29, 1.82) is 0 Å². The third-order valence-corrected chi connectivity index (χ3v) is 8.89. The van der Waals surface area contributed by atoms with E-state index in [0.717, 1.165) is 38.0 Å². The van der Waals surface area contributed by atoms with E-state index in [1.807, 2.05) is 7.05 Å². The highest BCUT2D eigenvalue weighted by molar-refractivity contribution is 5.87. The second kappa shape index (κ2) is 5.10. The van der Waals surface area contributed by atoms with E-state index in [0.29, 0.717) is 0 Å². The highest BCUT2D eigenvalue weighted by Crippen LogP contribution is 2.71. The van der Waals surface area contributed by atoms with Crippen LogP contribution in [0, 0.1) is 5.41 Å². The molecule has 4 fully saturated rings. The molecular weight excluding hydrogens is 356 g/mol. The molecule has 6 nitrogen and oxygen atoms in total. The third-order valence-electron chi connectivity index (χ3n) is 8.89. The van der Waals surface area contributed by atoms with Gasteiger partial charge in [-0.25, -0.2) is 4.79 Å². The predicted molar refractivity (Wildman–Crippen MR) is 103 cm³/mol. The molecule has 1 N–H and O–H groups in total. The summed E-state index contributed by atoms with van der Waals surface area (Å²) in [4.78, 5) is 18.1. The van der Waals surface area contributed by atoms with Gasteiger partial charge in [0.15, 0.2) is 0 Å². The van der Waals surface area contributed by atoms with E-state index in [9.17, 15) is 9.90 Å². The highest BCUT2D eigenvalue weighted by Gasteiger charge is 2.85. The Hall–Kier alpha value is -1.63. The molecule has 1 aliphatic carbocycles. The average molecular weight is 384 g/mol. The minimum atomic E-state index is -1.35. The number of fused-ring (bicyclic) bond motifs is 3. The SMILES string of the molecule is CC[C@@]12[C@H](O)[C@@]3(C(=O)OC)O[C@@H]1CCN1CC[C@@]4(c5ccccc5N(C)[C@@H]34)[C@@H]12. The molecule has 4 aliphatic heterocycles.